The Morgan fingerprint density at radius 1 is 1.23 bits per heavy atom. The van der Waals surface area contributed by atoms with E-state index in [0.29, 0.717) is 18.1 Å². The molecule has 0 aliphatic heterocycles. The van der Waals surface area contributed by atoms with Crippen molar-refractivity contribution in [3.63, 3.8) is 0 Å². The predicted octanol–water partition coefficient (Wildman–Crippen LogP) is 1.47. The number of hydrogen-bond acceptors (Lipinski definition) is 7. The first-order valence-electron chi connectivity index (χ1n) is 7.88. The summed E-state index contributed by atoms with van der Waals surface area (Å²) in [6, 6.07) is 6.73. The molecule has 1 amide bonds. The number of nitrogens with zero attached hydrogens (tertiary/aromatic N) is 1. The molecule has 0 unspecified atom stereocenters. The van der Waals surface area contributed by atoms with Crippen molar-refractivity contribution < 1.29 is 27.2 Å². The zero-order valence-electron chi connectivity index (χ0n) is 14.9. The van der Waals surface area contributed by atoms with E-state index in [1.54, 1.807) is 24.3 Å². The lowest BCUT2D eigenvalue weighted by Gasteiger charge is -2.15. The number of nitrogens with one attached hydrogen (secondary N) is 2. The number of rotatable bonds is 8. The molecule has 0 saturated carbocycles. The molecular formula is C16H21N3O6S. The van der Waals surface area contributed by atoms with Crippen LogP contribution in [0.1, 0.15) is 25.3 Å². The maximum atomic E-state index is 12.2. The van der Waals surface area contributed by atoms with Gasteiger partial charge in [-0.15, -0.1) is 4.83 Å². The number of benzene rings is 1. The second kappa shape index (κ2) is 8.19. The molecule has 26 heavy (non-hydrogen) atoms. The van der Waals surface area contributed by atoms with Gasteiger partial charge in [0.05, 0.1) is 6.61 Å². The Balaban J connectivity index is 1.94. The third-order valence-corrected chi connectivity index (χ3v) is 4.85. The van der Waals surface area contributed by atoms with Gasteiger partial charge in [0.15, 0.2) is 11.9 Å². The molecule has 2 rings (SSSR count). The van der Waals surface area contributed by atoms with Crippen LogP contribution in [-0.4, -0.2) is 32.2 Å². The van der Waals surface area contributed by atoms with E-state index in [9.17, 15) is 13.2 Å². The van der Waals surface area contributed by atoms with Gasteiger partial charge in [0.1, 0.15) is 22.1 Å². The van der Waals surface area contributed by atoms with Gasteiger partial charge in [-0.1, -0.05) is 5.16 Å². The molecule has 2 aromatic rings. The summed E-state index contributed by atoms with van der Waals surface area (Å²) in [5.74, 6) is 0.603. The lowest BCUT2D eigenvalue weighted by atomic mass is 10.3. The van der Waals surface area contributed by atoms with E-state index >= 15 is 0 Å². The van der Waals surface area contributed by atoms with Crippen LogP contribution in [0.3, 0.4) is 0 Å². The molecule has 0 radical (unpaired) electrons. The normalized spacial score (nSPS) is 12.5. The summed E-state index contributed by atoms with van der Waals surface area (Å²) in [7, 11) is -4.00. The molecular weight excluding hydrogens is 362 g/mol. The smallest absolute Gasteiger partial charge is 0.275 e. The largest absolute Gasteiger partial charge is 0.494 e. The van der Waals surface area contributed by atoms with Gasteiger partial charge in [-0.05, 0) is 52.0 Å². The van der Waals surface area contributed by atoms with Crippen molar-refractivity contribution in [1.29, 1.82) is 0 Å². The summed E-state index contributed by atoms with van der Waals surface area (Å²) >= 11 is 0. The molecule has 0 bridgehead atoms. The van der Waals surface area contributed by atoms with Gasteiger partial charge in [-0.2, -0.15) is 0 Å². The van der Waals surface area contributed by atoms with Gasteiger partial charge < -0.3 is 14.0 Å². The Hall–Kier alpha value is -2.59. The summed E-state index contributed by atoms with van der Waals surface area (Å²) < 4.78 is 40.1. The molecule has 0 aliphatic carbocycles. The van der Waals surface area contributed by atoms with E-state index in [2.05, 4.69) is 10.6 Å². The molecule has 1 aromatic heterocycles. The quantitative estimate of drug-likeness (QED) is 0.662. The number of carbonyl (C=O) groups excluding carboxylic acids is 1. The van der Waals surface area contributed by atoms with Gasteiger partial charge in [0.2, 0.25) is 0 Å². The molecule has 0 spiro atoms. The van der Waals surface area contributed by atoms with E-state index in [1.807, 2.05) is 11.8 Å². The first-order valence-corrected chi connectivity index (χ1v) is 9.37. The number of aryl methyl sites for hydroxylation is 2. The maximum Gasteiger partial charge on any atom is 0.275 e. The van der Waals surface area contributed by atoms with Crippen LogP contribution >= 0.6 is 0 Å². The Kier molecular flexibility index (Phi) is 6.22. The van der Waals surface area contributed by atoms with Crippen LogP contribution in [0.5, 0.6) is 11.5 Å². The third-order valence-electron chi connectivity index (χ3n) is 3.36. The van der Waals surface area contributed by atoms with E-state index in [0.717, 1.165) is 0 Å². The Morgan fingerprint density at radius 3 is 2.38 bits per heavy atom. The minimum absolute atomic E-state index is 0.113. The van der Waals surface area contributed by atoms with Crippen LogP contribution in [0.25, 0.3) is 0 Å². The average Bonchev–Trinajstić information content (AvgIpc) is 2.94. The fourth-order valence-corrected chi connectivity index (χ4v) is 3.35. The fourth-order valence-electron chi connectivity index (χ4n) is 2.17. The summed E-state index contributed by atoms with van der Waals surface area (Å²) in [5, 5.41) is 3.58. The molecule has 10 heteroatoms. The topological polar surface area (TPSA) is 120 Å². The highest BCUT2D eigenvalue weighted by atomic mass is 32.2. The van der Waals surface area contributed by atoms with Crippen molar-refractivity contribution in [2.45, 2.75) is 38.7 Å². The maximum absolute atomic E-state index is 12.2. The van der Waals surface area contributed by atoms with Crippen LogP contribution < -0.4 is 19.7 Å². The Bertz CT molecular complexity index is 841. The molecule has 1 atom stereocenters. The summed E-state index contributed by atoms with van der Waals surface area (Å²) in [6.45, 7) is 6.87. The molecule has 0 aliphatic rings. The monoisotopic (exact) mass is 383 g/mol. The number of amides is 1. The molecule has 1 aromatic carbocycles. The van der Waals surface area contributed by atoms with Crippen LogP contribution in [0, 0.1) is 13.8 Å². The minimum Gasteiger partial charge on any atom is -0.494 e. The van der Waals surface area contributed by atoms with Gasteiger partial charge in [-0.25, -0.2) is 8.42 Å². The van der Waals surface area contributed by atoms with Gasteiger partial charge >= 0.3 is 0 Å². The van der Waals surface area contributed by atoms with Crippen LogP contribution in [0.2, 0.25) is 0 Å². The highest BCUT2D eigenvalue weighted by Gasteiger charge is 2.25. The third kappa shape index (κ3) is 4.73. The standard InChI is InChI=1S/C16H21N3O6S/c1-5-23-13-6-8-14(9-7-13)24-12(4)16(20)17-19-26(21,22)15-10(2)18-25-11(15)3/h6-9,12,19H,5H2,1-4H3,(H,17,20)/t12-/m0/s1. The SMILES string of the molecule is CCOc1ccc(O[C@@H](C)C(=O)NNS(=O)(=O)c2c(C)noc2C)cc1. The fraction of sp³-hybridized carbons (Fsp3) is 0.375. The van der Waals surface area contributed by atoms with E-state index in [-0.39, 0.29) is 16.3 Å². The van der Waals surface area contributed by atoms with Crippen LogP contribution in [0.4, 0.5) is 0 Å². The number of hydrazine groups is 1. The number of hydrogen-bond donors (Lipinski definition) is 2. The highest BCUT2D eigenvalue weighted by molar-refractivity contribution is 7.89. The Morgan fingerprint density at radius 2 is 1.85 bits per heavy atom. The summed E-state index contributed by atoms with van der Waals surface area (Å²) in [5.41, 5.74) is 2.32. The van der Waals surface area contributed by atoms with Crippen molar-refractivity contribution in [3.05, 3.63) is 35.7 Å². The molecule has 0 fully saturated rings. The van der Waals surface area contributed by atoms with E-state index in [1.165, 1.54) is 20.8 Å². The molecule has 0 saturated heterocycles. The average molecular weight is 383 g/mol. The molecule has 1 heterocycles. The predicted molar refractivity (Wildman–Crippen MR) is 92.1 cm³/mol. The van der Waals surface area contributed by atoms with Crippen molar-refractivity contribution in [2.24, 2.45) is 0 Å². The lowest BCUT2D eigenvalue weighted by molar-refractivity contribution is -0.127. The van der Waals surface area contributed by atoms with Crippen molar-refractivity contribution in [3.8, 4) is 11.5 Å². The second-order valence-electron chi connectivity index (χ2n) is 5.41. The Labute approximate surface area is 151 Å². The minimum atomic E-state index is -4.00. The first-order chi connectivity index (χ1) is 12.2. The lowest BCUT2D eigenvalue weighted by Crippen LogP contribution is -2.47. The van der Waals surface area contributed by atoms with Crippen LogP contribution in [-0.2, 0) is 14.8 Å². The number of carbonyl (C=O) groups is 1. The first kappa shape index (κ1) is 19.7. The zero-order chi connectivity index (χ0) is 19.3. The van der Waals surface area contributed by atoms with Crippen molar-refractivity contribution in [1.82, 2.24) is 15.4 Å². The number of ether oxygens (including phenoxy) is 2. The summed E-state index contributed by atoms with van der Waals surface area (Å²) in [6.07, 6.45) is -0.930. The number of aromatic nitrogens is 1. The van der Waals surface area contributed by atoms with Crippen molar-refractivity contribution in [2.75, 3.05) is 6.61 Å². The molecule has 9 nitrogen and oxygen atoms in total. The van der Waals surface area contributed by atoms with Gasteiger partial charge in [-0.3, -0.25) is 10.2 Å². The molecule has 2 N–H and O–H groups in total. The van der Waals surface area contributed by atoms with E-state index < -0.39 is 22.0 Å². The van der Waals surface area contributed by atoms with Gasteiger partial charge in [0, 0.05) is 0 Å². The van der Waals surface area contributed by atoms with Crippen molar-refractivity contribution >= 4 is 15.9 Å². The van der Waals surface area contributed by atoms with E-state index in [4.69, 9.17) is 14.0 Å². The zero-order valence-corrected chi connectivity index (χ0v) is 15.7. The molecule has 142 valence electrons. The highest BCUT2D eigenvalue weighted by Crippen LogP contribution is 2.19. The summed E-state index contributed by atoms with van der Waals surface area (Å²) in [4.78, 5) is 14.0. The second-order valence-corrected chi connectivity index (χ2v) is 7.03. The van der Waals surface area contributed by atoms with Gasteiger partial charge in [0.25, 0.3) is 15.9 Å². The van der Waals surface area contributed by atoms with Crippen LogP contribution in [0.15, 0.2) is 33.7 Å². The number of sulfonamides is 1.